The van der Waals surface area contributed by atoms with E-state index in [-0.39, 0.29) is 17.5 Å². The fourth-order valence-electron chi connectivity index (χ4n) is 6.52. The third-order valence-corrected chi connectivity index (χ3v) is 9.05. The van der Waals surface area contributed by atoms with Gasteiger partial charge in [0.15, 0.2) is 6.10 Å². The number of carbonyl (C=O) groups is 1. The number of halogens is 1. The number of anilines is 1. The van der Waals surface area contributed by atoms with E-state index in [0.717, 1.165) is 57.6 Å². The zero-order valence-corrected chi connectivity index (χ0v) is 30.4. The van der Waals surface area contributed by atoms with Crippen LogP contribution < -0.4 is 9.64 Å². The first-order valence-electron chi connectivity index (χ1n) is 17.2. The normalized spacial score (nSPS) is 15.8. The Morgan fingerprint density at radius 3 is 2.46 bits per heavy atom. The number of pyridine rings is 1. The van der Waals surface area contributed by atoms with Crippen LogP contribution in [-0.2, 0) is 19.0 Å². The minimum Gasteiger partial charge on any atom is -0.490 e. The highest BCUT2D eigenvalue weighted by molar-refractivity contribution is 5.88. The second-order valence-corrected chi connectivity index (χ2v) is 14.3. The SMILES string of the molecule is C=CCOC1(C)CCN(c2c(C(OC(C)(C)C)C(=O)OC)c(C)cn3nc(-c4cccc(-c5ccc(F)cc5O[C@@H](C)CC=C)c4)cc23)CC1. The lowest BCUT2D eigenvalue weighted by Gasteiger charge is -2.41. The molecule has 0 saturated carbocycles. The maximum Gasteiger partial charge on any atom is 0.339 e. The fourth-order valence-corrected chi connectivity index (χ4v) is 6.52. The lowest BCUT2D eigenvalue weighted by atomic mass is 9.91. The molecule has 50 heavy (non-hydrogen) atoms. The predicted octanol–water partition coefficient (Wildman–Crippen LogP) is 9.05. The molecule has 1 fully saturated rings. The zero-order valence-electron chi connectivity index (χ0n) is 30.4. The van der Waals surface area contributed by atoms with Crippen LogP contribution in [0.25, 0.3) is 27.9 Å². The van der Waals surface area contributed by atoms with Crippen LogP contribution >= 0.6 is 0 Å². The van der Waals surface area contributed by atoms with Crippen molar-refractivity contribution in [1.29, 1.82) is 0 Å². The van der Waals surface area contributed by atoms with E-state index < -0.39 is 17.7 Å². The Balaban J connectivity index is 1.64. The van der Waals surface area contributed by atoms with Gasteiger partial charge < -0.3 is 23.8 Å². The Morgan fingerprint density at radius 1 is 1.08 bits per heavy atom. The first kappa shape index (κ1) is 36.8. The number of carbonyl (C=O) groups excluding carboxylic acids is 1. The van der Waals surface area contributed by atoms with Gasteiger partial charge in [-0.15, -0.1) is 13.2 Å². The van der Waals surface area contributed by atoms with Crippen molar-refractivity contribution in [3.63, 3.8) is 0 Å². The number of piperidine rings is 1. The summed E-state index contributed by atoms with van der Waals surface area (Å²) in [6.07, 6.45) is 6.61. The minimum absolute atomic E-state index is 0.164. The summed E-state index contributed by atoms with van der Waals surface area (Å²) in [5.74, 6) is -0.358. The quantitative estimate of drug-likeness (QED) is 0.103. The third kappa shape index (κ3) is 8.28. The number of methoxy groups -OCH3 is 1. The Kier molecular flexibility index (Phi) is 11.2. The Hall–Kier alpha value is -4.47. The summed E-state index contributed by atoms with van der Waals surface area (Å²) >= 11 is 0. The van der Waals surface area contributed by atoms with E-state index in [1.807, 2.05) is 69.6 Å². The molecule has 8 nitrogen and oxygen atoms in total. The van der Waals surface area contributed by atoms with Gasteiger partial charge in [0.1, 0.15) is 11.6 Å². The van der Waals surface area contributed by atoms with Crippen LogP contribution in [0.5, 0.6) is 5.75 Å². The van der Waals surface area contributed by atoms with E-state index in [9.17, 15) is 9.18 Å². The summed E-state index contributed by atoms with van der Waals surface area (Å²) in [6, 6.07) is 14.7. The monoisotopic (exact) mass is 683 g/mol. The molecule has 266 valence electrons. The van der Waals surface area contributed by atoms with Gasteiger partial charge in [0.05, 0.1) is 47.9 Å². The Bertz CT molecular complexity index is 1850. The highest BCUT2D eigenvalue weighted by Gasteiger charge is 2.37. The van der Waals surface area contributed by atoms with E-state index in [4.69, 9.17) is 24.0 Å². The van der Waals surface area contributed by atoms with Crippen molar-refractivity contribution >= 4 is 17.2 Å². The van der Waals surface area contributed by atoms with Crippen molar-refractivity contribution in [2.75, 3.05) is 31.7 Å². The number of hydrogen-bond acceptors (Lipinski definition) is 7. The summed E-state index contributed by atoms with van der Waals surface area (Å²) in [5, 5.41) is 5.05. The molecule has 1 saturated heterocycles. The summed E-state index contributed by atoms with van der Waals surface area (Å²) < 4.78 is 40.3. The molecule has 0 amide bonds. The molecule has 1 aliphatic heterocycles. The number of benzene rings is 2. The maximum atomic E-state index is 14.4. The number of esters is 1. The van der Waals surface area contributed by atoms with Crippen LogP contribution in [0.15, 0.2) is 80.0 Å². The van der Waals surface area contributed by atoms with Crippen molar-refractivity contribution < 1.29 is 28.1 Å². The number of aromatic nitrogens is 2. The molecule has 1 unspecified atom stereocenters. The van der Waals surface area contributed by atoms with Gasteiger partial charge in [-0.25, -0.2) is 13.7 Å². The van der Waals surface area contributed by atoms with Gasteiger partial charge in [0, 0.05) is 48.5 Å². The zero-order chi connectivity index (χ0) is 36.2. The summed E-state index contributed by atoms with van der Waals surface area (Å²) in [4.78, 5) is 15.7. The number of aryl methyl sites for hydroxylation is 1. The van der Waals surface area contributed by atoms with Gasteiger partial charge in [-0.1, -0.05) is 30.4 Å². The van der Waals surface area contributed by atoms with Crippen molar-refractivity contribution in [3.05, 3.63) is 97.0 Å². The molecule has 1 aliphatic rings. The summed E-state index contributed by atoms with van der Waals surface area (Å²) in [7, 11) is 1.39. The topological polar surface area (TPSA) is 74.5 Å². The van der Waals surface area contributed by atoms with Gasteiger partial charge >= 0.3 is 5.97 Å². The Labute approximate surface area is 295 Å². The van der Waals surface area contributed by atoms with Crippen LogP contribution in [0.1, 0.15) is 71.1 Å². The first-order chi connectivity index (χ1) is 23.8. The van der Waals surface area contributed by atoms with E-state index in [1.54, 1.807) is 18.2 Å². The molecule has 5 rings (SSSR count). The lowest BCUT2D eigenvalue weighted by Crippen LogP contribution is -2.45. The number of ether oxygens (including phenoxy) is 4. The van der Waals surface area contributed by atoms with Gasteiger partial charge in [0.2, 0.25) is 0 Å². The summed E-state index contributed by atoms with van der Waals surface area (Å²) in [6.45, 7) is 21.4. The molecule has 0 aliphatic carbocycles. The number of fused-ring (bicyclic) bond motifs is 1. The van der Waals surface area contributed by atoms with Crippen LogP contribution in [0.3, 0.4) is 0 Å². The Morgan fingerprint density at radius 2 is 1.80 bits per heavy atom. The van der Waals surface area contributed by atoms with Crippen molar-refractivity contribution in [3.8, 4) is 28.1 Å². The number of hydrogen-bond donors (Lipinski definition) is 0. The standard InChI is InChI=1S/C41H50FN3O5/c1-10-13-28(4)49-35-24-31(42)16-17-32(35)29-14-12-15-30(23-29)33-25-34-37(44-20-18-41(8,19-21-44)48-22-11-2)36(27(3)26-45(34)43-33)38(39(46)47-9)50-40(5,6)7/h10-12,14-17,23-26,28,38H,1-2,13,18-22H2,3-9H3/t28-,38?/m0/s1. The third-order valence-electron chi connectivity index (χ3n) is 9.05. The molecule has 2 aromatic heterocycles. The average Bonchev–Trinajstić information content (AvgIpc) is 3.49. The van der Waals surface area contributed by atoms with Crippen molar-refractivity contribution in [2.24, 2.45) is 0 Å². The van der Waals surface area contributed by atoms with Crippen LogP contribution in [0.4, 0.5) is 10.1 Å². The maximum absolute atomic E-state index is 14.4. The highest BCUT2D eigenvalue weighted by atomic mass is 19.1. The number of rotatable bonds is 13. The van der Waals surface area contributed by atoms with E-state index >= 15 is 0 Å². The molecular weight excluding hydrogens is 633 g/mol. The summed E-state index contributed by atoms with van der Waals surface area (Å²) in [5.41, 5.74) is 5.72. The van der Waals surface area contributed by atoms with Crippen molar-refractivity contribution in [1.82, 2.24) is 9.61 Å². The van der Waals surface area contributed by atoms with E-state index in [2.05, 4.69) is 31.0 Å². The smallest absolute Gasteiger partial charge is 0.339 e. The molecule has 0 radical (unpaired) electrons. The largest absolute Gasteiger partial charge is 0.490 e. The van der Waals surface area contributed by atoms with Gasteiger partial charge in [-0.2, -0.15) is 5.10 Å². The fraction of sp³-hybridized carbons (Fsp3) is 0.415. The van der Waals surface area contributed by atoms with E-state index in [1.165, 1.54) is 19.2 Å². The van der Waals surface area contributed by atoms with Crippen LogP contribution in [0.2, 0.25) is 0 Å². The van der Waals surface area contributed by atoms with Gasteiger partial charge in [-0.3, -0.25) is 0 Å². The van der Waals surface area contributed by atoms with Crippen molar-refractivity contribution in [2.45, 2.75) is 84.2 Å². The minimum atomic E-state index is -0.951. The molecule has 2 atom stereocenters. The highest BCUT2D eigenvalue weighted by Crippen LogP contribution is 2.42. The lowest BCUT2D eigenvalue weighted by molar-refractivity contribution is -0.164. The molecular formula is C41H50FN3O5. The van der Waals surface area contributed by atoms with Crippen LogP contribution in [-0.4, -0.2) is 59.7 Å². The molecule has 0 N–H and O–H groups in total. The van der Waals surface area contributed by atoms with Crippen LogP contribution in [0, 0.1) is 12.7 Å². The molecule has 2 aromatic carbocycles. The molecule has 4 aromatic rings. The predicted molar refractivity (Wildman–Crippen MR) is 197 cm³/mol. The first-order valence-corrected chi connectivity index (χ1v) is 17.2. The molecule has 0 bridgehead atoms. The average molecular weight is 684 g/mol. The van der Waals surface area contributed by atoms with Gasteiger partial charge in [0.25, 0.3) is 0 Å². The van der Waals surface area contributed by atoms with Gasteiger partial charge in [-0.05, 0) is 89.8 Å². The second kappa shape index (κ2) is 15.2. The number of nitrogens with zero attached hydrogens (tertiary/aromatic N) is 3. The molecule has 3 heterocycles. The molecule has 0 spiro atoms. The molecule has 9 heteroatoms. The second-order valence-electron chi connectivity index (χ2n) is 14.3. The van der Waals surface area contributed by atoms with E-state index in [0.29, 0.717) is 31.9 Å².